The van der Waals surface area contributed by atoms with E-state index in [4.69, 9.17) is 0 Å². The van der Waals surface area contributed by atoms with Gasteiger partial charge < -0.3 is 10.6 Å². The number of hydrogen-bond donors (Lipinski definition) is 2. The number of amides is 1. The summed E-state index contributed by atoms with van der Waals surface area (Å²) >= 11 is 0. The predicted molar refractivity (Wildman–Crippen MR) is 115 cm³/mol. The van der Waals surface area contributed by atoms with Crippen LogP contribution in [0.25, 0.3) is 0 Å². The van der Waals surface area contributed by atoms with Gasteiger partial charge in [0.1, 0.15) is 5.69 Å². The Morgan fingerprint density at radius 2 is 1.87 bits per heavy atom. The molecule has 1 atom stereocenters. The van der Waals surface area contributed by atoms with Crippen molar-refractivity contribution < 1.29 is 18.1 Å². The van der Waals surface area contributed by atoms with Gasteiger partial charge in [0.25, 0.3) is 5.69 Å². The number of nitro benzene ring substituents is 1. The van der Waals surface area contributed by atoms with E-state index in [-0.39, 0.29) is 28.9 Å². The maximum atomic E-state index is 12.7. The molecule has 162 valence electrons. The van der Waals surface area contributed by atoms with E-state index in [0.717, 1.165) is 22.4 Å². The molecule has 2 N–H and O–H groups in total. The lowest BCUT2D eigenvalue weighted by molar-refractivity contribution is -0.384. The van der Waals surface area contributed by atoms with E-state index in [9.17, 15) is 23.3 Å². The molecule has 2 aromatic carbocycles. The molecule has 2 rings (SSSR count). The van der Waals surface area contributed by atoms with E-state index in [1.54, 1.807) is 0 Å². The van der Waals surface area contributed by atoms with Crippen LogP contribution in [0, 0.1) is 10.1 Å². The van der Waals surface area contributed by atoms with Crippen LogP contribution in [0.4, 0.5) is 11.4 Å². The molecule has 1 amide bonds. The minimum absolute atomic E-state index is 0.134. The lowest BCUT2D eigenvalue weighted by atomic mass is 10.1. The van der Waals surface area contributed by atoms with Gasteiger partial charge >= 0.3 is 0 Å². The van der Waals surface area contributed by atoms with E-state index < -0.39 is 20.9 Å². The number of rotatable bonds is 10. The first-order chi connectivity index (χ1) is 14.1. The summed E-state index contributed by atoms with van der Waals surface area (Å²) in [5, 5.41) is 16.6. The molecule has 0 saturated carbocycles. The van der Waals surface area contributed by atoms with Gasteiger partial charge in [-0.2, -0.15) is 4.31 Å². The van der Waals surface area contributed by atoms with E-state index in [1.165, 1.54) is 26.2 Å². The maximum Gasteiger partial charge on any atom is 0.293 e. The van der Waals surface area contributed by atoms with Crippen molar-refractivity contribution in [2.24, 2.45) is 0 Å². The fourth-order valence-corrected chi connectivity index (χ4v) is 4.07. The molecule has 0 radical (unpaired) electrons. The third-order valence-electron chi connectivity index (χ3n) is 4.63. The van der Waals surface area contributed by atoms with Crippen molar-refractivity contribution >= 4 is 27.3 Å². The van der Waals surface area contributed by atoms with Crippen molar-refractivity contribution in [2.75, 3.05) is 26.0 Å². The van der Waals surface area contributed by atoms with Gasteiger partial charge in [0.05, 0.1) is 16.4 Å². The fourth-order valence-electron chi connectivity index (χ4n) is 2.92. The average molecular weight is 435 g/mol. The highest BCUT2D eigenvalue weighted by molar-refractivity contribution is 7.89. The van der Waals surface area contributed by atoms with Crippen molar-refractivity contribution in [1.82, 2.24) is 9.62 Å². The Hall–Kier alpha value is -2.98. The van der Waals surface area contributed by atoms with Crippen LogP contribution in [0.2, 0.25) is 0 Å². The van der Waals surface area contributed by atoms with Gasteiger partial charge in [-0.15, -0.1) is 0 Å². The molecule has 0 aliphatic heterocycles. The number of nitrogens with one attached hydrogen (secondary N) is 2. The number of carbonyl (C=O) groups excluding carboxylic acids is 1. The zero-order valence-electron chi connectivity index (χ0n) is 17.2. The molecule has 1 unspecified atom stereocenters. The first-order valence-corrected chi connectivity index (χ1v) is 10.8. The summed E-state index contributed by atoms with van der Waals surface area (Å²) in [7, 11) is -1.29. The number of nitrogens with zero attached hydrogens (tertiary/aromatic N) is 2. The molecule has 0 spiro atoms. The molecule has 10 heteroatoms. The average Bonchev–Trinajstić information content (AvgIpc) is 2.72. The molecule has 2 aromatic rings. The van der Waals surface area contributed by atoms with Gasteiger partial charge in [-0.05, 0) is 37.5 Å². The molecule has 30 heavy (non-hydrogen) atoms. The van der Waals surface area contributed by atoms with Gasteiger partial charge in [0, 0.05) is 26.2 Å². The van der Waals surface area contributed by atoms with Crippen LogP contribution < -0.4 is 10.6 Å². The predicted octanol–water partition coefficient (Wildman–Crippen LogP) is 2.39. The van der Waals surface area contributed by atoms with Gasteiger partial charge in [-0.3, -0.25) is 14.9 Å². The number of benzene rings is 2. The summed E-state index contributed by atoms with van der Waals surface area (Å²) in [5.41, 5.74) is 1.00. The molecule has 0 aromatic heterocycles. The number of anilines is 1. The summed E-state index contributed by atoms with van der Waals surface area (Å²) in [4.78, 5) is 22.6. The van der Waals surface area contributed by atoms with Crippen LogP contribution >= 0.6 is 0 Å². The Balaban J connectivity index is 2.00. The normalized spacial score (nSPS) is 12.4. The molecule has 0 fully saturated rings. The Bertz CT molecular complexity index is 996. The van der Waals surface area contributed by atoms with Crippen molar-refractivity contribution in [1.29, 1.82) is 0 Å². The lowest BCUT2D eigenvalue weighted by Crippen LogP contribution is -2.41. The third kappa shape index (κ3) is 6.01. The molecular formula is C20H26N4O5S. The highest BCUT2D eigenvalue weighted by Crippen LogP contribution is 2.28. The number of carbonyl (C=O) groups is 1. The first-order valence-electron chi connectivity index (χ1n) is 9.41. The quantitative estimate of drug-likeness (QED) is 0.437. The molecule has 0 bridgehead atoms. The van der Waals surface area contributed by atoms with Crippen LogP contribution in [0.1, 0.15) is 18.9 Å². The molecule has 0 heterocycles. The van der Waals surface area contributed by atoms with Crippen molar-refractivity contribution in [3.8, 4) is 0 Å². The molecule has 0 saturated heterocycles. The minimum Gasteiger partial charge on any atom is -0.383 e. The second-order valence-electron chi connectivity index (χ2n) is 6.94. The highest BCUT2D eigenvalue weighted by Gasteiger charge is 2.26. The summed E-state index contributed by atoms with van der Waals surface area (Å²) < 4.78 is 26.4. The summed E-state index contributed by atoms with van der Waals surface area (Å²) in [5.74, 6) is -0.442. The second-order valence-corrected chi connectivity index (χ2v) is 8.98. The third-order valence-corrected chi connectivity index (χ3v) is 6.43. The van der Waals surface area contributed by atoms with Gasteiger partial charge in [0.2, 0.25) is 15.9 Å². The Morgan fingerprint density at radius 1 is 1.20 bits per heavy atom. The van der Waals surface area contributed by atoms with E-state index >= 15 is 0 Å². The monoisotopic (exact) mass is 434 g/mol. The number of hydrogen-bond acceptors (Lipinski definition) is 6. The topological polar surface area (TPSA) is 122 Å². The molecule has 9 nitrogen and oxygen atoms in total. The summed E-state index contributed by atoms with van der Waals surface area (Å²) in [6, 6.07) is 13.3. The van der Waals surface area contributed by atoms with E-state index in [1.807, 2.05) is 37.3 Å². The highest BCUT2D eigenvalue weighted by atomic mass is 32.2. The zero-order valence-corrected chi connectivity index (χ0v) is 18.0. The number of nitro groups is 1. The molecule has 0 aliphatic carbocycles. The largest absolute Gasteiger partial charge is 0.383 e. The number of aryl methyl sites for hydroxylation is 1. The van der Waals surface area contributed by atoms with E-state index in [0.29, 0.717) is 6.42 Å². The fraction of sp³-hybridized carbons (Fsp3) is 0.350. The number of sulfonamides is 1. The van der Waals surface area contributed by atoms with Crippen LogP contribution in [0.5, 0.6) is 0 Å². The molecule has 0 aliphatic rings. The summed E-state index contributed by atoms with van der Waals surface area (Å²) in [6.07, 6.45) is 1.50. The van der Waals surface area contributed by atoms with Gasteiger partial charge in [0.15, 0.2) is 0 Å². The van der Waals surface area contributed by atoms with Crippen molar-refractivity contribution in [2.45, 2.75) is 30.7 Å². The summed E-state index contributed by atoms with van der Waals surface area (Å²) in [6.45, 7) is 1.47. The van der Waals surface area contributed by atoms with E-state index in [2.05, 4.69) is 10.6 Å². The first kappa shape index (κ1) is 23.3. The standard InChI is InChI=1S/C20H26N4O5S/c1-15(9-10-16-7-5-4-6-8-16)22-20(25)14-23(3)30(28,29)17-11-12-18(21-2)19(13-17)24(26)27/h4-8,11-13,15,21H,9-10,14H2,1-3H3,(H,22,25). The van der Waals surface area contributed by atoms with Gasteiger partial charge in [-0.25, -0.2) is 8.42 Å². The molecular weight excluding hydrogens is 408 g/mol. The maximum absolute atomic E-state index is 12.7. The SMILES string of the molecule is CNc1ccc(S(=O)(=O)N(C)CC(=O)NC(C)CCc2ccccc2)cc1[N+](=O)[O-]. The van der Waals surface area contributed by atoms with Crippen molar-refractivity contribution in [3.63, 3.8) is 0 Å². The van der Waals surface area contributed by atoms with Crippen LogP contribution in [-0.2, 0) is 21.2 Å². The second kappa shape index (κ2) is 10.2. The Morgan fingerprint density at radius 3 is 2.47 bits per heavy atom. The van der Waals surface area contributed by atoms with Crippen LogP contribution in [0.3, 0.4) is 0 Å². The van der Waals surface area contributed by atoms with Crippen LogP contribution in [-0.4, -0.2) is 50.2 Å². The smallest absolute Gasteiger partial charge is 0.293 e. The Labute approximate surface area is 176 Å². The minimum atomic E-state index is -4.07. The van der Waals surface area contributed by atoms with Crippen molar-refractivity contribution in [3.05, 3.63) is 64.2 Å². The van der Waals surface area contributed by atoms with Gasteiger partial charge in [-0.1, -0.05) is 30.3 Å². The zero-order chi connectivity index (χ0) is 22.3. The number of likely N-dealkylation sites (N-methyl/N-ethyl adjacent to an activating group) is 1. The Kier molecular flexibility index (Phi) is 7.90. The lowest BCUT2D eigenvalue weighted by Gasteiger charge is -2.19. The van der Waals surface area contributed by atoms with Crippen LogP contribution in [0.15, 0.2) is 53.4 Å².